The molecule has 0 spiro atoms. The molecule has 126 valence electrons. The zero-order valence-electron chi connectivity index (χ0n) is 14.0. The van der Waals surface area contributed by atoms with Crippen molar-refractivity contribution in [3.63, 3.8) is 0 Å². The highest BCUT2D eigenvalue weighted by Gasteiger charge is 2.17. The molecule has 0 fully saturated rings. The van der Waals surface area contributed by atoms with Gasteiger partial charge in [-0.05, 0) is 32.9 Å². The Morgan fingerprint density at radius 3 is 2.61 bits per heavy atom. The molecule has 2 aromatic heterocycles. The SMILES string of the molecule is CCCN(CCC)Cc1cc(=O)n2[nH]cc(C(=O)OCC)c2n1. The Kier molecular flexibility index (Phi) is 5.92. The van der Waals surface area contributed by atoms with Crippen LogP contribution in [0.25, 0.3) is 5.65 Å². The van der Waals surface area contributed by atoms with Crippen LogP contribution in [0.2, 0.25) is 0 Å². The van der Waals surface area contributed by atoms with Gasteiger partial charge >= 0.3 is 5.97 Å². The summed E-state index contributed by atoms with van der Waals surface area (Å²) in [4.78, 5) is 30.9. The minimum absolute atomic E-state index is 0.228. The van der Waals surface area contributed by atoms with E-state index < -0.39 is 5.97 Å². The molecule has 1 N–H and O–H groups in total. The van der Waals surface area contributed by atoms with Crippen LogP contribution in [-0.2, 0) is 11.3 Å². The number of fused-ring (bicyclic) bond motifs is 1. The van der Waals surface area contributed by atoms with Crippen LogP contribution < -0.4 is 5.56 Å². The Balaban J connectivity index is 2.36. The Hall–Kier alpha value is -2.15. The van der Waals surface area contributed by atoms with Crippen molar-refractivity contribution in [1.29, 1.82) is 0 Å². The molecule has 0 amide bonds. The Morgan fingerprint density at radius 2 is 2.00 bits per heavy atom. The summed E-state index contributed by atoms with van der Waals surface area (Å²) in [6.07, 6.45) is 3.54. The van der Waals surface area contributed by atoms with Gasteiger partial charge in [0.2, 0.25) is 0 Å². The maximum atomic E-state index is 12.2. The average Bonchev–Trinajstić information content (AvgIpc) is 2.92. The van der Waals surface area contributed by atoms with E-state index in [0.717, 1.165) is 25.9 Å². The number of aromatic amines is 1. The molecular formula is C16H24N4O3. The molecule has 0 bridgehead atoms. The van der Waals surface area contributed by atoms with Crippen molar-refractivity contribution in [2.24, 2.45) is 0 Å². The van der Waals surface area contributed by atoms with Gasteiger partial charge in [-0.15, -0.1) is 0 Å². The maximum absolute atomic E-state index is 12.2. The van der Waals surface area contributed by atoms with Gasteiger partial charge in [-0.3, -0.25) is 14.8 Å². The summed E-state index contributed by atoms with van der Waals surface area (Å²) < 4.78 is 6.27. The summed E-state index contributed by atoms with van der Waals surface area (Å²) in [7, 11) is 0. The van der Waals surface area contributed by atoms with E-state index in [-0.39, 0.29) is 17.7 Å². The van der Waals surface area contributed by atoms with E-state index in [1.165, 1.54) is 16.8 Å². The van der Waals surface area contributed by atoms with Crippen molar-refractivity contribution < 1.29 is 9.53 Å². The zero-order valence-corrected chi connectivity index (χ0v) is 14.0. The van der Waals surface area contributed by atoms with E-state index in [9.17, 15) is 9.59 Å². The van der Waals surface area contributed by atoms with Gasteiger partial charge in [0.1, 0.15) is 5.56 Å². The molecule has 0 aliphatic heterocycles. The third-order valence-electron chi connectivity index (χ3n) is 3.51. The summed E-state index contributed by atoms with van der Waals surface area (Å²) >= 11 is 0. The highest BCUT2D eigenvalue weighted by atomic mass is 16.5. The van der Waals surface area contributed by atoms with Crippen LogP contribution in [0.1, 0.15) is 49.7 Å². The Morgan fingerprint density at radius 1 is 1.30 bits per heavy atom. The highest BCUT2D eigenvalue weighted by Crippen LogP contribution is 2.10. The van der Waals surface area contributed by atoms with E-state index in [0.29, 0.717) is 17.9 Å². The molecule has 7 nitrogen and oxygen atoms in total. The predicted molar refractivity (Wildman–Crippen MR) is 87.6 cm³/mol. The quantitative estimate of drug-likeness (QED) is 0.751. The number of nitrogens with zero attached hydrogens (tertiary/aromatic N) is 3. The third-order valence-corrected chi connectivity index (χ3v) is 3.51. The number of carbonyl (C=O) groups is 1. The van der Waals surface area contributed by atoms with Gasteiger partial charge in [-0.25, -0.2) is 14.3 Å². The first-order chi connectivity index (χ1) is 11.1. The zero-order chi connectivity index (χ0) is 16.8. The fraction of sp³-hybridized carbons (Fsp3) is 0.562. The number of nitrogens with one attached hydrogen (secondary N) is 1. The lowest BCUT2D eigenvalue weighted by Crippen LogP contribution is -2.27. The maximum Gasteiger partial charge on any atom is 0.343 e. The molecule has 7 heteroatoms. The largest absolute Gasteiger partial charge is 0.462 e. The van der Waals surface area contributed by atoms with Crippen LogP contribution >= 0.6 is 0 Å². The molecule has 0 aliphatic carbocycles. The van der Waals surface area contributed by atoms with Gasteiger partial charge in [0.15, 0.2) is 5.65 Å². The van der Waals surface area contributed by atoms with E-state index >= 15 is 0 Å². The average molecular weight is 320 g/mol. The topological polar surface area (TPSA) is 79.7 Å². The molecule has 0 aromatic carbocycles. The predicted octanol–water partition coefficient (Wildman–Crippen LogP) is 1.82. The fourth-order valence-corrected chi connectivity index (χ4v) is 2.60. The monoisotopic (exact) mass is 320 g/mol. The van der Waals surface area contributed by atoms with Gasteiger partial charge in [0.05, 0.1) is 12.3 Å². The molecule has 0 saturated carbocycles. The second-order valence-electron chi connectivity index (χ2n) is 5.43. The second kappa shape index (κ2) is 7.92. The fourth-order valence-electron chi connectivity index (χ4n) is 2.60. The molecule has 0 unspecified atom stereocenters. The normalized spacial score (nSPS) is 11.3. The first kappa shape index (κ1) is 17.2. The summed E-state index contributed by atoms with van der Waals surface area (Å²) in [6.45, 7) is 8.77. The molecule has 2 heterocycles. The summed E-state index contributed by atoms with van der Waals surface area (Å²) in [5, 5.41) is 2.75. The van der Waals surface area contributed by atoms with Crippen LogP contribution in [-0.4, -0.2) is 45.2 Å². The summed E-state index contributed by atoms with van der Waals surface area (Å²) in [5.41, 5.74) is 1.04. The van der Waals surface area contributed by atoms with Crippen LogP contribution in [0.5, 0.6) is 0 Å². The van der Waals surface area contributed by atoms with Crippen LogP contribution in [0.15, 0.2) is 17.1 Å². The Bertz CT molecular complexity index is 714. The van der Waals surface area contributed by atoms with Crippen molar-refractivity contribution in [2.75, 3.05) is 19.7 Å². The third kappa shape index (κ3) is 3.98. The molecule has 0 radical (unpaired) electrons. The van der Waals surface area contributed by atoms with E-state index in [1.54, 1.807) is 6.92 Å². The van der Waals surface area contributed by atoms with Crippen molar-refractivity contribution in [3.05, 3.63) is 33.9 Å². The number of carbonyl (C=O) groups excluding carboxylic acids is 1. The number of hydrogen-bond acceptors (Lipinski definition) is 5. The highest BCUT2D eigenvalue weighted by molar-refractivity contribution is 5.95. The van der Waals surface area contributed by atoms with E-state index in [4.69, 9.17) is 4.74 Å². The van der Waals surface area contributed by atoms with Crippen molar-refractivity contribution in [2.45, 2.75) is 40.2 Å². The number of esters is 1. The molecule has 0 saturated heterocycles. The Labute approximate surface area is 135 Å². The van der Waals surface area contributed by atoms with Gasteiger partial charge < -0.3 is 4.74 Å². The lowest BCUT2D eigenvalue weighted by molar-refractivity contribution is 0.0528. The summed E-state index contributed by atoms with van der Waals surface area (Å²) in [5.74, 6) is -0.478. The van der Waals surface area contributed by atoms with Crippen molar-refractivity contribution in [3.8, 4) is 0 Å². The molecule has 0 aliphatic rings. The first-order valence-electron chi connectivity index (χ1n) is 8.10. The van der Waals surface area contributed by atoms with Crippen LogP contribution in [0.4, 0.5) is 0 Å². The standard InChI is InChI=1S/C16H24N4O3/c1-4-7-19(8-5-2)11-12-9-14(21)20-15(18-12)13(10-17-20)16(22)23-6-3/h9-10,17H,4-8,11H2,1-3H3. The number of hydrogen-bond donors (Lipinski definition) is 1. The molecule has 2 rings (SSSR count). The summed E-state index contributed by atoms with van der Waals surface area (Å²) in [6, 6.07) is 1.51. The number of ether oxygens (including phenoxy) is 1. The first-order valence-corrected chi connectivity index (χ1v) is 8.10. The number of aromatic nitrogens is 3. The molecule has 0 atom stereocenters. The van der Waals surface area contributed by atoms with Crippen LogP contribution in [0, 0.1) is 0 Å². The lowest BCUT2D eigenvalue weighted by Gasteiger charge is -2.20. The number of H-pyrrole nitrogens is 1. The van der Waals surface area contributed by atoms with Crippen molar-refractivity contribution >= 4 is 11.6 Å². The van der Waals surface area contributed by atoms with Crippen LogP contribution in [0.3, 0.4) is 0 Å². The molecule has 2 aromatic rings. The van der Waals surface area contributed by atoms with Crippen molar-refractivity contribution in [1.82, 2.24) is 19.5 Å². The molecule has 23 heavy (non-hydrogen) atoms. The van der Waals surface area contributed by atoms with E-state index in [2.05, 4.69) is 28.8 Å². The van der Waals surface area contributed by atoms with Gasteiger partial charge in [-0.2, -0.15) is 0 Å². The smallest absolute Gasteiger partial charge is 0.343 e. The van der Waals surface area contributed by atoms with Gasteiger partial charge in [0, 0.05) is 18.8 Å². The van der Waals surface area contributed by atoms with E-state index in [1.807, 2.05) is 0 Å². The van der Waals surface area contributed by atoms with Gasteiger partial charge in [0.25, 0.3) is 5.56 Å². The molecular weight excluding hydrogens is 296 g/mol. The second-order valence-corrected chi connectivity index (χ2v) is 5.43. The lowest BCUT2D eigenvalue weighted by atomic mass is 10.3. The number of rotatable bonds is 8. The minimum atomic E-state index is -0.478. The van der Waals surface area contributed by atoms with Gasteiger partial charge in [-0.1, -0.05) is 13.8 Å². The minimum Gasteiger partial charge on any atom is -0.462 e.